The van der Waals surface area contributed by atoms with Gasteiger partial charge in [-0.2, -0.15) is 5.26 Å². The molecule has 0 aromatic rings. The molecule has 1 aliphatic carbocycles. The Morgan fingerprint density at radius 1 is 1.27 bits per heavy atom. The highest BCUT2D eigenvalue weighted by atomic mass is 16.5. The predicted molar refractivity (Wildman–Crippen MR) is 61.5 cm³/mol. The Balaban J connectivity index is 1.95. The average molecular weight is 209 g/mol. The molecular weight excluding hydrogens is 186 g/mol. The van der Waals surface area contributed by atoms with Crippen molar-refractivity contribution in [1.29, 1.82) is 5.26 Å². The van der Waals surface area contributed by atoms with E-state index >= 15 is 0 Å². The number of rotatable bonds is 6. The first kappa shape index (κ1) is 12.5. The zero-order valence-corrected chi connectivity index (χ0v) is 10.1. The molecule has 2 heteroatoms. The largest absolute Gasteiger partial charge is 0.378 e. The Morgan fingerprint density at radius 3 is 2.53 bits per heavy atom. The fourth-order valence-corrected chi connectivity index (χ4v) is 2.03. The summed E-state index contributed by atoms with van der Waals surface area (Å²) in [4.78, 5) is 0. The average Bonchev–Trinajstić information content (AvgIpc) is 2.70. The molecule has 86 valence electrons. The van der Waals surface area contributed by atoms with E-state index in [-0.39, 0.29) is 5.41 Å². The zero-order chi connectivity index (χ0) is 11.1. The van der Waals surface area contributed by atoms with Crippen molar-refractivity contribution in [3.8, 4) is 6.07 Å². The van der Waals surface area contributed by atoms with E-state index in [4.69, 9.17) is 10.00 Å². The number of hydrogen-bond acceptors (Lipinski definition) is 2. The van der Waals surface area contributed by atoms with Crippen molar-refractivity contribution in [1.82, 2.24) is 0 Å². The molecule has 0 atom stereocenters. The van der Waals surface area contributed by atoms with E-state index in [0.29, 0.717) is 6.10 Å². The van der Waals surface area contributed by atoms with E-state index in [1.807, 2.05) is 13.8 Å². The molecule has 0 radical (unpaired) electrons. The van der Waals surface area contributed by atoms with Crippen LogP contribution in [0.4, 0.5) is 0 Å². The van der Waals surface area contributed by atoms with Crippen LogP contribution in [0.3, 0.4) is 0 Å². The molecule has 0 heterocycles. The van der Waals surface area contributed by atoms with Crippen LogP contribution in [0.25, 0.3) is 0 Å². The summed E-state index contributed by atoms with van der Waals surface area (Å²) < 4.78 is 5.77. The lowest BCUT2D eigenvalue weighted by Gasteiger charge is -2.15. The molecule has 1 saturated carbocycles. The third-order valence-corrected chi connectivity index (χ3v) is 3.15. The van der Waals surface area contributed by atoms with Gasteiger partial charge in [-0.05, 0) is 46.0 Å². The standard InChI is InChI=1S/C13H23NO/c1-13(2,11-14)9-5-6-10-15-12-7-3-4-8-12/h12H,3-10H2,1-2H3. The van der Waals surface area contributed by atoms with Crippen molar-refractivity contribution in [3.63, 3.8) is 0 Å². The van der Waals surface area contributed by atoms with Gasteiger partial charge >= 0.3 is 0 Å². The topological polar surface area (TPSA) is 33.0 Å². The van der Waals surface area contributed by atoms with Crippen LogP contribution in [0.15, 0.2) is 0 Å². The highest BCUT2D eigenvalue weighted by Gasteiger charge is 2.17. The van der Waals surface area contributed by atoms with Crippen LogP contribution in [0.1, 0.15) is 58.8 Å². The Hall–Kier alpha value is -0.550. The summed E-state index contributed by atoms with van der Waals surface area (Å²) in [5, 5.41) is 8.84. The van der Waals surface area contributed by atoms with Gasteiger partial charge in [0, 0.05) is 6.61 Å². The zero-order valence-electron chi connectivity index (χ0n) is 10.1. The maximum absolute atomic E-state index is 8.84. The minimum absolute atomic E-state index is 0.159. The number of hydrogen-bond donors (Lipinski definition) is 0. The van der Waals surface area contributed by atoms with E-state index in [2.05, 4.69) is 6.07 Å². The second-order valence-electron chi connectivity index (χ2n) is 5.23. The van der Waals surface area contributed by atoms with Gasteiger partial charge in [-0.1, -0.05) is 12.8 Å². The second kappa shape index (κ2) is 6.12. The maximum Gasteiger partial charge on any atom is 0.0683 e. The van der Waals surface area contributed by atoms with Crippen LogP contribution < -0.4 is 0 Å². The van der Waals surface area contributed by atoms with E-state index in [9.17, 15) is 0 Å². The highest BCUT2D eigenvalue weighted by Crippen LogP contribution is 2.23. The van der Waals surface area contributed by atoms with Gasteiger partial charge in [-0.3, -0.25) is 0 Å². The second-order valence-corrected chi connectivity index (χ2v) is 5.23. The van der Waals surface area contributed by atoms with Gasteiger partial charge in [-0.25, -0.2) is 0 Å². The third kappa shape index (κ3) is 5.18. The van der Waals surface area contributed by atoms with Gasteiger partial charge < -0.3 is 4.74 Å². The van der Waals surface area contributed by atoms with Crippen LogP contribution in [0.5, 0.6) is 0 Å². The normalized spacial score (nSPS) is 17.9. The molecule has 1 fully saturated rings. The molecule has 0 aliphatic heterocycles. The maximum atomic E-state index is 8.84. The molecule has 0 saturated heterocycles. The first-order chi connectivity index (χ1) is 7.14. The first-order valence-corrected chi connectivity index (χ1v) is 6.17. The van der Waals surface area contributed by atoms with Crippen molar-refractivity contribution in [2.45, 2.75) is 64.9 Å². The Morgan fingerprint density at radius 2 is 1.93 bits per heavy atom. The Labute approximate surface area is 93.6 Å². The molecule has 0 amide bonds. The molecule has 0 aromatic carbocycles. The lowest BCUT2D eigenvalue weighted by Crippen LogP contribution is -2.10. The van der Waals surface area contributed by atoms with Gasteiger partial charge in [0.25, 0.3) is 0 Å². The van der Waals surface area contributed by atoms with E-state index in [1.54, 1.807) is 0 Å². The van der Waals surface area contributed by atoms with Crippen LogP contribution in [-0.2, 0) is 4.74 Å². The lowest BCUT2D eigenvalue weighted by atomic mass is 9.89. The number of nitriles is 1. The highest BCUT2D eigenvalue weighted by molar-refractivity contribution is 4.91. The van der Waals surface area contributed by atoms with Crippen molar-refractivity contribution in [2.75, 3.05) is 6.61 Å². The quantitative estimate of drug-likeness (QED) is 0.625. The van der Waals surface area contributed by atoms with Crippen molar-refractivity contribution < 1.29 is 4.74 Å². The minimum atomic E-state index is -0.159. The smallest absolute Gasteiger partial charge is 0.0683 e. The summed E-state index contributed by atoms with van der Waals surface area (Å²) in [6.45, 7) is 4.89. The SMILES string of the molecule is CC(C)(C#N)CCCCOC1CCCC1. The fraction of sp³-hybridized carbons (Fsp3) is 0.923. The van der Waals surface area contributed by atoms with Gasteiger partial charge in [0.1, 0.15) is 0 Å². The molecule has 1 aliphatic rings. The Kier molecular flexibility index (Phi) is 5.11. The van der Waals surface area contributed by atoms with Crippen molar-refractivity contribution >= 4 is 0 Å². The number of ether oxygens (including phenoxy) is 1. The van der Waals surface area contributed by atoms with Crippen LogP contribution in [0.2, 0.25) is 0 Å². The molecule has 0 N–H and O–H groups in total. The monoisotopic (exact) mass is 209 g/mol. The Bertz CT molecular complexity index is 211. The predicted octanol–water partition coefficient (Wildman–Crippen LogP) is 3.67. The summed E-state index contributed by atoms with van der Waals surface area (Å²) in [6.07, 6.45) is 8.91. The molecule has 2 nitrogen and oxygen atoms in total. The summed E-state index contributed by atoms with van der Waals surface area (Å²) in [5.74, 6) is 0. The van der Waals surface area contributed by atoms with Gasteiger partial charge in [-0.15, -0.1) is 0 Å². The fourth-order valence-electron chi connectivity index (χ4n) is 2.03. The first-order valence-electron chi connectivity index (χ1n) is 6.17. The third-order valence-electron chi connectivity index (χ3n) is 3.15. The van der Waals surface area contributed by atoms with Crippen molar-refractivity contribution in [3.05, 3.63) is 0 Å². The van der Waals surface area contributed by atoms with E-state index < -0.39 is 0 Å². The molecular formula is C13H23NO. The summed E-state index contributed by atoms with van der Waals surface area (Å²) >= 11 is 0. The van der Waals surface area contributed by atoms with Gasteiger partial charge in [0.2, 0.25) is 0 Å². The van der Waals surface area contributed by atoms with Crippen LogP contribution >= 0.6 is 0 Å². The molecule has 1 rings (SSSR count). The van der Waals surface area contributed by atoms with Crippen molar-refractivity contribution in [2.24, 2.45) is 5.41 Å². The van der Waals surface area contributed by atoms with E-state index in [0.717, 1.165) is 25.9 Å². The number of unbranched alkanes of at least 4 members (excludes halogenated alkanes) is 1. The summed E-state index contributed by atoms with van der Waals surface area (Å²) in [7, 11) is 0. The van der Waals surface area contributed by atoms with Gasteiger partial charge in [0.15, 0.2) is 0 Å². The van der Waals surface area contributed by atoms with Gasteiger partial charge in [0.05, 0.1) is 17.6 Å². The van der Waals surface area contributed by atoms with Crippen LogP contribution in [-0.4, -0.2) is 12.7 Å². The van der Waals surface area contributed by atoms with Crippen LogP contribution in [0, 0.1) is 16.7 Å². The molecule has 0 bridgehead atoms. The summed E-state index contributed by atoms with van der Waals surface area (Å²) in [5.41, 5.74) is -0.159. The number of nitrogens with zero attached hydrogens (tertiary/aromatic N) is 1. The summed E-state index contributed by atoms with van der Waals surface area (Å²) in [6, 6.07) is 2.33. The molecule has 15 heavy (non-hydrogen) atoms. The lowest BCUT2D eigenvalue weighted by molar-refractivity contribution is 0.0549. The minimum Gasteiger partial charge on any atom is -0.378 e. The molecule has 0 unspecified atom stereocenters. The molecule has 0 aromatic heterocycles. The van der Waals surface area contributed by atoms with E-state index in [1.165, 1.54) is 25.7 Å². The molecule has 0 spiro atoms.